The fourth-order valence-corrected chi connectivity index (χ4v) is 6.94. The molecule has 1 aromatic rings. The van der Waals surface area contributed by atoms with Crippen molar-refractivity contribution in [2.45, 2.75) is 67.4 Å². The number of terminal acetylenes is 1. The van der Waals surface area contributed by atoms with E-state index >= 15 is 0 Å². The van der Waals surface area contributed by atoms with Crippen LogP contribution in [0, 0.1) is 29.6 Å². The van der Waals surface area contributed by atoms with Gasteiger partial charge in [-0.1, -0.05) is 60.3 Å². The van der Waals surface area contributed by atoms with Gasteiger partial charge in [-0.2, -0.15) is 4.98 Å². The van der Waals surface area contributed by atoms with E-state index in [1.165, 1.54) is 11.6 Å². The second-order valence-electron chi connectivity index (χ2n) is 10.1. The molecule has 0 spiro atoms. The molecule has 0 aromatic carbocycles. The van der Waals surface area contributed by atoms with Crippen molar-refractivity contribution < 1.29 is 27.9 Å². The lowest BCUT2D eigenvalue weighted by atomic mass is 10.1. The quantitative estimate of drug-likeness (QED) is 0.0825. The molecule has 1 fully saturated rings. The summed E-state index contributed by atoms with van der Waals surface area (Å²) in [6, 6.07) is 1.42. The molecule has 0 aliphatic heterocycles. The molecule has 40 heavy (non-hydrogen) atoms. The van der Waals surface area contributed by atoms with Crippen molar-refractivity contribution in [1.29, 1.82) is 0 Å². The summed E-state index contributed by atoms with van der Waals surface area (Å²) in [5.41, 5.74) is 2.58. The molecule has 1 aromatic heterocycles. The minimum Gasteiger partial charge on any atom is -0.457 e. The number of carbonyl (C=O) groups is 2. The van der Waals surface area contributed by atoms with E-state index in [9.17, 15) is 9.59 Å². The summed E-state index contributed by atoms with van der Waals surface area (Å²) in [7, 11) is 0. The van der Waals surface area contributed by atoms with Gasteiger partial charge in [-0.25, -0.2) is 0 Å². The Morgan fingerprint density at radius 2 is 1.82 bits per heavy atom. The van der Waals surface area contributed by atoms with E-state index in [-0.39, 0.29) is 56.5 Å². The van der Waals surface area contributed by atoms with E-state index in [2.05, 4.69) is 30.8 Å². The first-order valence-corrected chi connectivity index (χ1v) is 16.4. The lowest BCUT2D eigenvalue weighted by molar-refractivity contribution is -0.150. The number of ether oxygens (including phenoxy) is 1. The molecule has 1 heterocycles. The van der Waals surface area contributed by atoms with Gasteiger partial charge in [0.25, 0.3) is 0 Å². The molecule has 2 unspecified atom stereocenters. The lowest BCUT2D eigenvalue weighted by Gasteiger charge is -2.20. The van der Waals surface area contributed by atoms with Crippen LogP contribution in [0.15, 0.2) is 28.9 Å². The molecule has 3 rings (SSSR count). The summed E-state index contributed by atoms with van der Waals surface area (Å²) in [6.07, 6.45) is 7.53. The molecule has 2 aliphatic rings. The predicted octanol–water partition coefficient (Wildman–Crippen LogP) is 8.17. The summed E-state index contributed by atoms with van der Waals surface area (Å²) in [5, 5.41) is 0.499. The van der Waals surface area contributed by atoms with Gasteiger partial charge in [-0.3, -0.25) is 18.6 Å². The number of pyridine rings is 1. The number of nitrogens with zero attached hydrogens (tertiary/aromatic N) is 1. The third kappa shape index (κ3) is 8.79. The van der Waals surface area contributed by atoms with Crippen LogP contribution in [0.25, 0.3) is 0 Å². The van der Waals surface area contributed by atoms with Crippen LogP contribution in [0.1, 0.15) is 61.3 Å². The smallest absolute Gasteiger partial charge is 0.381 e. The Labute approximate surface area is 257 Å². The van der Waals surface area contributed by atoms with Crippen LogP contribution >= 0.6 is 41.5 Å². The van der Waals surface area contributed by atoms with Crippen molar-refractivity contribution in [3.8, 4) is 18.2 Å². The third-order valence-electron chi connectivity index (χ3n) is 6.51. The second kappa shape index (κ2) is 14.6. The van der Waals surface area contributed by atoms with Crippen LogP contribution in [0.2, 0.25) is 15.2 Å². The molecule has 0 radical (unpaired) electrons. The number of aromatic nitrogens is 1. The standard InChI is InChI=1S/C19H24O3.C9H11Cl3NO3PS/c1-7-8-13-12(4)16(10-15(13)20)22-18(21)17-14(9-11(2)3)19(17,5)6;1-3-14-17(18,15-4-2)16-9-7(11)5-6(10)8(12)13-9/h1,9,14,16-17H,8,10H2,2-6H3;5H,3-4H2,1-2H3/t14?,16-,17?;/m0./s1. The van der Waals surface area contributed by atoms with Gasteiger partial charge in [0, 0.05) is 23.8 Å². The fourth-order valence-electron chi connectivity index (χ4n) is 4.35. The average Bonchev–Trinajstić information content (AvgIpc) is 3.27. The van der Waals surface area contributed by atoms with E-state index in [1.54, 1.807) is 13.8 Å². The maximum atomic E-state index is 12.5. The normalized spacial score (nSPS) is 21.2. The largest absolute Gasteiger partial charge is 0.457 e. The summed E-state index contributed by atoms with van der Waals surface area (Å²) in [6.45, 7) is 11.4. The van der Waals surface area contributed by atoms with Crippen LogP contribution < -0.4 is 4.52 Å². The molecular weight excluding hydrogens is 616 g/mol. The fraction of sp³-hybridized carbons (Fsp3) is 0.536. The van der Waals surface area contributed by atoms with Gasteiger partial charge in [0.1, 0.15) is 11.1 Å². The molecule has 0 N–H and O–H groups in total. The zero-order valence-electron chi connectivity index (χ0n) is 23.7. The summed E-state index contributed by atoms with van der Waals surface area (Å²) in [5.74, 6) is 2.44. The van der Waals surface area contributed by atoms with E-state index in [0.29, 0.717) is 25.2 Å². The number of Topliss-reactive ketones (excluding diaryl/α,β-unsaturated/α-hetero) is 1. The number of allylic oxidation sites excluding steroid dienone is 3. The average molecular weight is 651 g/mol. The highest BCUT2D eigenvalue weighted by molar-refractivity contribution is 8.07. The molecule has 2 aliphatic carbocycles. The van der Waals surface area contributed by atoms with Gasteiger partial charge in [0.05, 0.1) is 30.6 Å². The van der Waals surface area contributed by atoms with Crippen molar-refractivity contribution in [1.82, 2.24) is 4.98 Å². The summed E-state index contributed by atoms with van der Waals surface area (Å²) < 4.78 is 21.7. The highest BCUT2D eigenvalue weighted by Crippen LogP contribution is 2.60. The minimum atomic E-state index is -2.92. The van der Waals surface area contributed by atoms with Crippen molar-refractivity contribution in [3.05, 3.63) is 44.1 Å². The van der Waals surface area contributed by atoms with E-state index in [4.69, 9.17) is 71.3 Å². The Kier molecular flexibility index (Phi) is 12.7. The molecule has 0 saturated heterocycles. The second-order valence-corrected chi connectivity index (χ2v) is 14.2. The summed E-state index contributed by atoms with van der Waals surface area (Å²) in [4.78, 5) is 28.3. The Bertz CT molecular complexity index is 1280. The van der Waals surface area contributed by atoms with E-state index < -0.39 is 12.8 Å². The van der Waals surface area contributed by atoms with E-state index in [1.807, 2.05) is 20.8 Å². The van der Waals surface area contributed by atoms with Crippen LogP contribution in [-0.2, 0) is 35.2 Å². The Hall–Kier alpha value is -1.43. The molecule has 3 atom stereocenters. The Morgan fingerprint density at radius 1 is 1.23 bits per heavy atom. The van der Waals surface area contributed by atoms with Crippen molar-refractivity contribution in [2.24, 2.45) is 17.3 Å². The molecule has 220 valence electrons. The van der Waals surface area contributed by atoms with Gasteiger partial charge in [0.15, 0.2) is 10.9 Å². The van der Waals surface area contributed by atoms with Crippen LogP contribution in [0.5, 0.6) is 5.88 Å². The number of hydrogen-bond donors (Lipinski definition) is 0. The van der Waals surface area contributed by atoms with E-state index in [0.717, 1.165) is 5.57 Å². The molecule has 1 saturated carbocycles. The monoisotopic (exact) mass is 649 g/mol. The summed E-state index contributed by atoms with van der Waals surface area (Å²) >= 11 is 22.7. The first-order chi connectivity index (χ1) is 18.6. The number of rotatable bonds is 10. The van der Waals surface area contributed by atoms with Crippen LogP contribution in [-0.4, -0.2) is 36.1 Å². The van der Waals surface area contributed by atoms with Gasteiger partial charge in [-0.15, -0.1) is 12.3 Å². The molecule has 0 amide bonds. The first kappa shape index (κ1) is 34.8. The zero-order chi connectivity index (χ0) is 30.4. The Balaban J connectivity index is 0.000000286. The number of hydrogen-bond acceptors (Lipinski definition) is 8. The first-order valence-electron chi connectivity index (χ1n) is 12.7. The minimum absolute atomic E-state index is 0.00385. The number of esters is 1. The predicted molar refractivity (Wildman–Crippen MR) is 163 cm³/mol. The van der Waals surface area contributed by atoms with Crippen LogP contribution in [0.4, 0.5) is 0 Å². The van der Waals surface area contributed by atoms with Gasteiger partial charge in [0.2, 0.25) is 5.88 Å². The van der Waals surface area contributed by atoms with Gasteiger partial charge < -0.3 is 9.26 Å². The highest BCUT2D eigenvalue weighted by Gasteiger charge is 2.61. The molecular formula is C28H35Cl3NO6PS. The van der Waals surface area contributed by atoms with Gasteiger partial charge in [-0.05, 0) is 57.6 Å². The third-order valence-corrected chi connectivity index (χ3v) is 9.85. The van der Waals surface area contributed by atoms with Crippen molar-refractivity contribution in [2.75, 3.05) is 13.2 Å². The SMILES string of the molecule is C#CCC1=C(C)[C@@H](OC(=O)C2C(C=C(C)C)C2(C)C)CC1=O.CCOP(=S)(OCC)Oc1nc(Cl)c(Cl)cc1Cl. The molecule has 0 bridgehead atoms. The number of halogens is 3. The maximum Gasteiger partial charge on any atom is 0.381 e. The Morgan fingerprint density at radius 3 is 2.35 bits per heavy atom. The number of carbonyl (C=O) groups excluding carboxylic acids is 2. The topological polar surface area (TPSA) is 84.0 Å². The molecule has 12 heteroatoms. The zero-order valence-corrected chi connectivity index (χ0v) is 27.7. The number of ketones is 1. The maximum absolute atomic E-state index is 12.5. The van der Waals surface area contributed by atoms with Crippen LogP contribution in [0.3, 0.4) is 0 Å². The highest BCUT2D eigenvalue weighted by atomic mass is 35.5. The van der Waals surface area contributed by atoms with Gasteiger partial charge >= 0.3 is 12.7 Å². The van der Waals surface area contributed by atoms with Crippen molar-refractivity contribution in [3.63, 3.8) is 0 Å². The molecule has 7 nitrogen and oxygen atoms in total. The lowest BCUT2D eigenvalue weighted by Crippen LogP contribution is -2.20. The van der Waals surface area contributed by atoms with Crippen molar-refractivity contribution >= 4 is 65.1 Å².